The molecule has 2 heterocycles. The Labute approximate surface area is 154 Å². The highest BCUT2D eigenvalue weighted by Crippen LogP contribution is 2.41. The number of nitrogens with one attached hydrogen (secondary N) is 1. The Morgan fingerprint density at radius 2 is 1.79 bits per heavy atom. The van der Waals surface area contributed by atoms with E-state index in [1.807, 2.05) is 0 Å². The molecule has 0 aliphatic carbocycles. The molecule has 0 unspecified atom stereocenters. The number of aliphatic hydroxyl groups excluding tert-OH is 1. The van der Waals surface area contributed by atoms with Gasteiger partial charge in [0.05, 0.1) is 22.7 Å². The molecule has 3 rings (SSSR count). The molecule has 0 saturated carbocycles. The summed E-state index contributed by atoms with van der Waals surface area (Å²) in [5.74, 6) is 0.171. The number of benzene rings is 1. The van der Waals surface area contributed by atoms with Gasteiger partial charge in [-0.2, -0.15) is 26.3 Å². The summed E-state index contributed by atoms with van der Waals surface area (Å²) >= 11 is 0. The van der Waals surface area contributed by atoms with Gasteiger partial charge in [0.15, 0.2) is 0 Å². The average Bonchev–Trinajstić information content (AvgIpc) is 3.07. The van der Waals surface area contributed by atoms with Crippen LogP contribution in [-0.4, -0.2) is 32.4 Å². The van der Waals surface area contributed by atoms with Crippen LogP contribution in [0, 0.1) is 0 Å². The van der Waals surface area contributed by atoms with Crippen molar-refractivity contribution >= 4 is 11.5 Å². The van der Waals surface area contributed by atoms with E-state index in [9.17, 15) is 31.4 Å². The standard InChI is InChI=1S/C17H14F6N4O/c1-9(28)8-24-15-26-25-14(13-3-2-6-27(13)15)11-5-4-10(16(18,19)20)7-12(11)17(21,22)23/h2-7,9,28H,8H2,1H3,(H,24,26)/t9-/m1/s1. The lowest BCUT2D eigenvalue weighted by molar-refractivity contribution is -0.142. The number of anilines is 1. The van der Waals surface area contributed by atoms with Crippen LogP contribution in [-0.2, 0) is 12.4 Å². The predicted molar refractivity (Wildman–Crippen MR) is 88.6 cm³/mol. The molecule has 28 heavy (non-hydrogen) atoms. The summed E-state index contributed by atoms with van der Waals surface area (Å²) in [6, 6.07) is 4.38. The Balaban J connectivity index is 2.17. The minimum absolute atomic E-state index is 0.0655. The van der Waals surface area contributed by atoms with Gasteiger partial charge >= 0.3 is 12.4 Å². The summed E-state index contributed by atoms with van der Waals surface area (Å²) < 4.78 is 80.4. The monoisotopic (exact) mass is 404 g/mol. The van der Waals surface area contributed by atoms with E-state index in [1.54, 1.807) is 0 Å². The van der Waals surface area contributed by atoms with Crippen molar-refractivity contribution in [1.82, 2.24) is 14.6 Å². The molecule has 1 aromatic carbocycles. The molecular weight excluding hydrogens is 390 g/mol. The fraction of sp³-hybridized carbons (Fsp3) is 0.294. The van der Waals surface area contributed by atoms with E-state index in [0.29, 0.717) is 6.07 Å². The number of aliphatic hydroxyl groups is 1. The van der Waals surface area contributed by atoms with Crippen molar-refractivity contribution in [2.24, 2.45) is 0 Å². The normalized spacial score (nSPS) is 13.7. The maximum Gasteiger partial charge on any atom is 0.417 e. The summed E-state index contributed by atoms with van der Waals surface area (Å²) in [5.41, 5.74) is -3.37. The zero-order valence-electron chi connectivity index (χ0n) is 14.3. The molecule has 0 bridgehead atoms. The molecule has 2 N–H and O–H groups in total. The van der Waals surface area contributed by atoms with Gasteiger partial charge in [0.2, 0.25) is 5.95 Å². The first-order valence-electron chi connectivity index (χ1n) is 8.03. The smallest absolute Gasteiger partial charge is 0.392 e. The van der Waals surface area contributed by atoms with Gasteiger partial charge in [0.25, 0.3) is 0 Å². The van der Waals surface area contributed by atoms with Crippen LogP contribution < -0.4 is 5.32 Å². The molecule has 0 spiro atoms. The van der Waals surface area contributed by atoms with Crippen molar-refractivity contribution in [1.29, 1.82) is 0 Å². The van der Waals surface area contributed by atoms with Gasteiger partial charge in [-0.3, -0.25) is 4.40 Å². The number of aromatic nitrogens is 3. The number of fused-ring (bicyclic) bond motifs is 1. The van der Waals surface area contributed by atoms with Crippen LogP contribution in [0.4, 0.5) is 32.3 Å². The molecule has 0 saturated heterocycles. The van der Waals surface area contributed by atoms with Crippen molar-refractivity contribution < 1.29 is 31.4 Å². The molecule has 1 atom stereocenters. The minimum atomic E-state index is -5.02. The van der Waals surface area contributed by atoms with Gasteiger partial charge in [-0.15, -0.1) is 10.2 Å². The molecule has 0 aliphatic heterocycles. The number of hydrogen-bond acceptors (Lipinski definition) is 4. The van der Waals surface area contributed by atoms with Gasteiger partial charge in [0.1, 0.15) is 5.69 Å². The molecule has 150 valence electrons. The Hall–Kier alpha value is -2.82. The van der Waals surface area contributed by atoms with E-state index >= 15 is 0 Å². The van der Waals surface area contributed by atoms with Crippen LogP contribution in [0.25, 0.3) is 16.8 Å². The first kappa shape index (κ1) is 19.9. The maximum absolute atomic E-state index is 13.5. The van der Waals surface area contributed by atoms with E-state index in [2.05, 4.69) is 15.5 Å². The third kappa shape index (κ3) is 3.88. The Morgan fingerprint density at radius 1 is 1.07 bits per heavy atom. The molecule has 11 heteroatoms. The summed E-state index contributed by atoms with van der Waals surface area (Å²) in [7, 11) is 0. The highest BCUT2D eigenvalue weighted by molar-refractivity contribution is 5.80. The van der Waals surface area contributed by atoms with Gasteiger partial charge in [-0.25, -0.2) is 0 Å². The molecule has 5 nitrogen and oxygen atoms in total. The summed E-state index contributed by atoms with van der Waals surface area (Å²) in [5, 5.41) is 19.8. The highest BCUT2D eigenvalue weighted by atomic mass is 19.4. The Morgan fingerprint density at radius 3 is 2.39 bits per heavy atom. The van der Waals surface area contributed by atoms with E-state index < -0.39 is 35.1 Å². The minimum Gasteiger partial charge on any atom is -0.392 e. The van der Waals surface area contributed by atoms with Crippen molar-refractivity contribution in [3.8, 4) is 11.3 Å². The zero-order valence-corrected chi connectivity index (χ0v) is 14.3. The van der Waals surface area contributed by atoms with E-state index in [4.69, 9.17) is 0 Å². The van der Waals surface area contributed by atoms with Gasteiger partial charge in [0, 0.05) is 18.3 Å². The maximum atomic E-state index is 13.5. The summed E-state index contributed by atoms with van der Waals surface area (Å²) in [4.78, 5) is 0. The van der Waals surface area contributed by atoms with Gasteiger partial charge in [-0.05, 0) is 31.2 Å². The van der Waals surface area contributed by atoms with Crippen LogP contribution in [0.2, 0.25) is 0 Å². The first-order valence-corrected chi connectivity index (χ1v) is 8.03. The Kier molecular flexibility index (Phi) is 4.96. The average molecular weight is 404 g/mol. The van der Waals surface area contributed by atoms with E-state index in [-0.39, 0.29) is 29.8 Å². The highest BCUT2D eigenvalue weighted by Gasteiger charge is 2.39. The molecule has 0 radical (unpaired) electrons. The predicted octanol–water partition coefficient (Wildman–Crippen LogP) is 4.23. The van der Waals surface area contributed by atoms with Crippen molar-refractivity contribution in [2.45, 2.75) is 25.4 Å². The topological polar surface area (TPSA) is 62.5 Å². The van der Waals surface area contributed by atoms with Crippen LogP contribution in [0.3, 0.4) is 0 Å². The van der Waals surface area contributed by atoms with Crippen LogP contribution in [0.1, 0.15) is 18.1 Å². The number of nitrogens with zero attached hydrogens (tertiary/aromatic N) is 3. The number of rotatable bonds is 4. The number of hydrogen-bond donors (Lipinski definition) is 2. The molecule has 0 aliphatic rings. The summed E-state index contributed by atoms with van der Waals surface area (Å²) in [6.07, 6.45) is -9.14. The number of halogens is 6. The zero-order chi connectivity index (χ0) is 20.7. The fourth-order valence-electron chi connectivity index (χ4n) is 2.67. The van der Waals surface area contributed by atoms with Gasteiger partial charge < -0.3 is 10.4 Å². The molecule has 0 amide bonds. The molecular formula is C17H14F6N4O. The van der Waals surface area contributed by atoms with Crippen LogP contribution >= 0.6 is 0 Å². The third-order valence-corrected chi connectivity index (χ3v) is 3.93. The molecule has 0 fully saturated rings. The first-order chi connectivity index (χ1) is 13.0. The molecule has 2 aromatic heterocycles. The quantitative estimate of drug-likeness (QED) is 0.639. The molecule has 3 aromatic rings. The van der Waals surface area contributed by atoms with Crippen molar-refractivity contribution in [2.75, 3.05) is 11.9 Å². The second-order valence-corrected chi connectivity index (χ2v) is 6.12. The second-order valence-electron chi connectivity index (χ2n) is 6.12. The third-order valence-electron chi connectivity index (χ3n) is 3.93. The van der Waals surface area contributed by atoms with Crippen molar-refractivity contribution in [3.63, 3.8) is 0 Å². The largest absolute Gasteiger partial charge is 0.417 e. The lowest BCUT2D eigenvalue weighted by Crippen LogP contribution is -2.18. The number of alkyl halides is 6. The van der Waals surface area contributed by atoms with E-state index in [0.717, 1.165) is 6.07 Å². The van der Waals surface area contributed by atoms with Crippen molar-refractivity contribution in [3.05, 3.63) is 47.7 Å². The SMILES string of the molecule is C[C@@H](O)CNc1nnc(-c2ccc(C(F)(F)F)cc2C(F)(F)F)c2cccn12. The second kappa shape index (κ2) is 6.97. The van der Waals surface area contributed by atoms with Crippen LogP contribution in [0.15, 0.2) is 36.5 Å². The van der Waals surface area contributed by atoms with Crippen LogP contribution in [0.5, 0.6) is 0 Å². The summed E-state index contributed by atoms with van der Waals surface area (Å²) in [6.45, 7) is 1.65. The lowest BCUT2D eigenvalue weighted by atomic mass is 10.00. The van der Waals surface area contributed by atoms with Gasteiger partial charge in [-0.1, -0.05) is 6.07 Å². The Bertz CT molecular complexity index is 993. The lowest BCUT2D eigenvalue weighted by Gasteiger charge is -2.17. The van der Waals surface area contributed by atoms with E-state index in [1.165, 1.54) is 29.7 Å². The fourth-order valence-corrected chi connectivity index (χ4v) is 2.67.